The van der Waals surface area contributed by atoms with Crippen LogP contribution in [0.3, 0.4) is 0 Å². The highest BCUT2D eigenvalue weighted by Gasteiger charge is 2.11. The Bertz CT molecular complexity index is 579. The van der Waals surface area contributed by atoms with Gasteiger partial charge in [-0.05, 0) is 12.5 Å². The van der Waals surface area contributed by atoms with Crippen molar-refractivity contribution in [1.82, 2.24) is 5.32 Å². The molecule has 114 valence electrons. The molecule has 1 atom stereocenters. The van der Waals surface area contributed by atoms with E-state index in [0.29, 0.717) is 6.42 Å². The quantitative estimate of drug-likeness (QED) is 0.610. The van der Waals surface area contributed by atoms with E-state index in [1.807, 2.05) is 61.6 Å². The van der Waals surface area contributed by atoms with Crippen molar-refractivity contribution in [2.75, 3.05) is 0 Å². The molecule has 0 unspecified atom stereocenters. The van der Waals surface area contributed by atoms with Gasteiger partial charge in [-0.1, -0.05) is 72.7 Å². The molecule has 0 spiro atoms. The number of carbonyl (C=O) groups is 1. The lowest BCUT2D eigenvalue weighted by Gasteiger charge is -2.13. The monoisotopic (exact) mass is 295 g/mol. The molecule has 0 aliphatic carbocycles. The van der Waals surface area contributed by atoms with Gasteiger partial charge in [0.2, 0.25) is 0 Å². The number of carbonyl (C=O) groups excluding carboxylic acids is 1. The fourth-order valence-electron chi connectivity index (χ4n) is 1.69. The zero-order valence-electron chi connectivity index (χ0n) is 12.8. The maximum Gasteiger partial charge on any atom is 0.408 e. The lowest BCUT2D eigenvalue weighted by Crippen LogP contribution is -2.34. The minimum atomic E-state index is -0.531. The standard InChI is InChI=1S/C19H21NO2/c1-4-6-8-11-16(3)14-18(5-2)20-19(21)22-15-17-12-9-7-10-13-17/h2,4,6-13,18H,3,14-15H2,1H3,(H,20,21)/b6-4-,11-8-/t18-/m1/s1. The Morgan fingerprint density at radius 3 is 2.77 bits per heavy atom. The van der Waals surface area contributed by atoms with Crippen LogP contribution in [0.15, 0.2) is 66.8 Å². The highest BCUT2D eigenvalue weighted by atomic mass is 16.5. The molecule has 0 aliphatic heterocycles. The predicted octanol–water partition coefficient (Wildman–Crippen LogP) is 3.99. The Morgan fingerprint density at radius 2 is 2.14 bits per heavy atom. The smallest absolute Gasteiger partial charge is 0.408 e. The van der Waals surface area contributed by atoms with Gasteiger partial charge >= 0.3 is 6.09 Å². The first kappa shape index (κ1) is 17.3. The van der Waals surface area contributed by atoms with Crippen molar-refractivity contribution in [3.05, 3.63) is 72.4 Å². The van der Waals surface area contributed by atoms with Crippen LogP contribution in [0.1, 0.15) is 18.9 Å². The van der Waals surface area contributed by atoms with Crippen LogP contribution in [0, 0.1) is 12.3 Å². The average Bonchev–Trinajstić information content (AvgIpc) is 2.53. The molecule has 1 amide bonds. The molecule has 22 heavy (non-hydrogen) atoms. The molecular formula is C19H21NO2. The average molecular weight is 295 g/mol. The van der Waals surface area contributed by atoms with E-state index in [-0.39, 0.29) is 6.61 Å². The van der Waals surface area contributed by atoms with Gasteiger partial charge in [-0.3, -0.25) is 0 Å². The summed E-state index contributed by atoms with van der Waals surface area (Å²) < 4.78 is 5.14. The Labute approximate surface area is 132 Å². The molecule has 0 aliphatic rings. The van der Waals surface area contributed by atoms with Gasteiger partial charge in [0.25, 0.3) is 0 Å². The first-order valence-electron chi connectivity index (χ1n) is 7.06. The second kappa shape index (κ2) is 10.1. The van der Waals surface area contributed by atoms with E-state index < -0.39 is 12.1 Å². The predicted molar refractivity (Wildman–Crippen MR) is 90.1 cm³/mol. The van der Waals surface area contributed by atoms with Crippen molar-refractivity contribution in [2.45, 2.75) is 26.0 Å². The van der Waals surface area contributed by atoms with Gasteiger partial charge in [-0.25, -0.2) is 4.79 Å². The van der Waals surface area contributed by atoms with E-state index in [1.54, 1.807) is 0 Å². The summed E-state index contributed by atoms with van der Waals surface area (Å²) >= 11 is 0. The molecule has 0 saturated heterocycles. The fourth-order valence-corrected chi connectivity index (χ4v) is 1.69. The summed E-state index contributed by atoms with van der Waals surface area (Å²) in [5.74, 6) is 2.53. The molecule has 0 bridgehead atoms. The van der Waals surface area contributed by atoms with Crippen LogP contribution in [0.4, 0.5) is 4.79 Å². The van der Waals surface area contributed by atoms with Gasteiger partial charge in [0.1, 0.15) is 6.61 Å². The molecule has 3 heteroatoms. The molecular weight excluding hydrogens is 274 g/mol. The number of amides is 1. The summed E-state index contributed by atoms with van der Waals surface area (Å²) in [6, 6.07) is 9.03. The van der Waals surface area contributed by atoms with Crippen molar-refractivity contribution >= 4 is 6.09 Å². The zero-order valence-corrected chi connectivity index (χ0v) is 12.8. The summed E-state index contributed by atoms with van der Waals surface area (Å²) in [5.41, 5.74) is 1.76. The van der Waals surface area contributed by atoms with Crippen molar-refractivity contribution in [2.24, 2.45) is 0 Å². The highest BCUT2D eigenvalue weighted by molar-refractivity contribution is 5.68. The van der Waals surface area contributed by atoms with Crippen molar-refractivity contribution in [3.8, 4) is 12.3 Å². The number of hydrogen-bond donors (Lipinski definition) is 1. The van der Waals surface area contributed by atoms with E-state index in [2.05, 4.69) is 17.8 Å². The number of terminal acetylenes is 1. The SMILES string of the molecule is C#C[C@H](CC(=C)/C=C\C=C/C)NC(=O)OCc1ccccc1. The summed E-state index contributed by atoms with van der Waals surface area (Å²) in [7, 11) is 0. The second-order valence-corrected chi connectivity index (χ2v) is 4.67. The van der Waals surface area contributed by atoms with Crippen LogP contribution in [0.25, 0.3) is 0 Å². The van der Waals surface area contributed by atoms with Crippen LogP contribution in [-0.4, -0.2) is 12.1 Å². The van der Waals surface area contributed by atoms with Crippen LogP contribution >= 0.6 is 0 Å². The number of ether oxygens (including phenoxy) is 1. The number of allylic oxidation sites excluding steroid dienone is 4. The van der Waals surface area contributed by atoms with E-state index >= 15 is 0 Å². The minimum absolute atomic E-state index is 0.214. The summed E-state index contributed by atoms with van der Waals surface area (Å²) in [6.45, 7) is 6.05. The molecule has 1 rings (SSSR count). The third kappa shape index (κ3) is 7.16. The van der Waals surface area contributed by atoms with E-state index in [9.17, 15) is 4.79 Å². The van der Waals surface area contributed by atoms with Crippen LogP contribution in [0.5, 0.6) is 0 Å². The Hall–Kier alpha value is -2.73. The molecule has 1 aromatic rings. The molecule has 0 heterocycles. The summed E-state index contributed by atoms with van der Waals surface area (Å²) in [5, 5.41) is 2.65. The topological polar surface area (TPSA) is 38.3 Å². The summed E-state index contributed by atoms with van der Waals surface area (Å²) in [4.78, 5) is 11.7. The van der Waals surface area contributed by atoms with Crippen molar-refractivity contribution in [3.63, 3.8) is 0 Å². The molecule has 3 nitrogen and oxygen atoms in total. The normalized spacial score (nSPS) is 12.0. The third-order valence-electron chi connectivity index (χ3n) is 2.81. The number of rotatable bonds is 7. The number of benzene rings is 1. The van der Waals surface area contributed by atoms with Gasteiger partial charge in [-0.2, -0.15) is 0 Å². The first-order chi connectivity index (χ1) is 10.7. The van der Waals surface area contributed by atoms with E-state index in [4.69, 9.17) is 11.2 Å². The van der Waals surface area contributed by atoms with Gasteiger partial charge in [-0.15, -0.1) is 6.42 Å². The number of nitrogens with one attached hydrogen (secondary N) is 1. The molecule has 0 aromatic heterocycles. The number of hydrogen-bond acceptors (Lipinski definition) is 2. The Kier molecular flexibility index (Phi) is 7.92. The van der Waals surface area contributed by atoms with Crippen LogP contribution in [-0.2, 0) is 11.3 Å². The maximum absolute atomic E-state index is 11.7. The summed E-state index contributed by atoms with van der Waals surface area (Å²) in [6.07, 6.45) is 12.9. The van der Waals surface area contributed by atoms with Crippen molar-refractivity contribution in [1.29, 1.82) is 0 Å². The van der Waals surface area contributed by atoms with Gasteiger partial charge in [0.15, 0.2) is 0 Å². The Balaban J connectivity index is 2.40. The molecule has 0 saturated carbocycles. The van der Waals surface area contributed by atoms with Crippen molar-refractivity contribution < 1.29 is 9.53 Å². The molecule has 1 aromatic carbocycles. The maximum atomic E-state index is 11.7. The number of alkyl carbamates (subject to hydrolysis) is 1. The molecule has 1 N–H and O–H groups in total. The van der Waals surface area contributed by atoms with Crippen LogP contribution < -0.4 is 5.32 Å². The van der Waals surface area contributed by atoms with E-state index in [1.165, 1.54) is 0 Å². The Morgan fingerprint density at radius 1 is 1.41 bits per heavy atom. The van der Waals surface area contributed by atoms with Crippen LogP contribution in [0.2, 0.25) is 0 Å². The minimum Gasteiger partial charge on any atom is -0.445 e. The zero-order chi connectivity index (χ0) is 16.2. The lowest BCUT2D eigenvalue weighted by atomic mass is 10.1. The highest BCUT2D eigenvalue weighted by Crippen LogP contribution is 2.06. The van der Waals surface area contributed by atoms with Gasteiger partial charge < -0.3 is 10.1 Å². The lowest BCUT2D eigenvalue weighted by molar-refractivity contribution is 0.138. The molecule has 0 fully saturated rings. The van der Waals surface area contributed by atoms with E-state index in [0.717, 1.165) is 11.1 Å². The second-order valence-electron chi connectivity index (χ2n) is 4.67. The van der Waals surface area contributed by atoms with Gasteiger partial charge in [0, 0.05) is 6.42 Å². The largest absolute Gasteiger partial charge is 0.445 e. The van der Waals surface area contributed by atoms with Gasteiger partial charge in [0.05, 0.1) is 6.04 Å². The molecule has 0 radical (unpaired) electrons. The third-order valence-corrected chi connectivity index (χ3v) is 2.81. The fraction of sp³-hybridized carbons (Fsp3) is 0.211. The first-order valence-corrected chi connectivity index (χ1v) is 7.06.